The van der Waals surface area contributed by atoms with E-state index >= 15 is 0 Å². The number of alkyl halides is 3. The second-order valence-electron chi connectivity index (χ2n) is 3.70. The molecule has 1 aromatic carbocycles. The van der Waals surface area contributed by atoms with Crippen LogP contribution in [0.1, 0.15) is 19.4 Å². The molecule has 0 radical (unpaired) electrons. The highest BCUT2D eigenvalue weighted by Crippen LogP contribution is 2.46. The maximum Gasteiger partial charge on any atom is 0.182 e. The number of halogens is 3. The Balaban J connectivity index is 2.87. The largest absolute Gasteiger partial charge is 0.493 e. The van der Waals surface area contributed by atoms with E-state index < -0.39 is 2.69 Å². The van der Waals surface area contributed by atoms with Crippen LogP contribution in [0.2, 0.25) is 0 Å². The summed E-state index contributed by atoms with van der Waals surface area (Å²) >= 11 is 12.8. The first-order valence-electron chi connectivity index (χ1n) is 4.70. The molecule has 4 heteroatoms. The van der Waals surface area contributed by atoms with Gasteiger partial charge < -0.3 is 4.74 Å². The first-order valence-corrected chi connectivity index (χ1v) is 6.66. The molecule has 0 N–H and O–H groups in total. The lowest BCUT2D eigenvalue weighted by molar-refractivity contribution is 0.269. The third-order valence-corrected chi connectivity index (χ3v) is 2.82. The second kappa shape index (κ2) is 5.55. The molecule has 15 heavy (non-hydrogen) atoms. The molecule has 0 spiro atoms. The zero-order valence-electron chi connectivity index (χ0n) is 8.64. The lowest BCUT2D eigenvalue weighted by atomic mass is 10.2. The molecule has 0 atom stereocenters. The molecule has 84 valence electrons. The van der Waals surface area contributed by atoms with E-state index in [0.29, 0.717) is 12.5 Å². The Bertz CT molecular complexity index is 321. The molecule has 0 aliphatic rings. The van der Waals surface area contributed by atoms with Crippen LogP contribution in [0.5, 0.6) is 5.75 Å². The predicted molar refractivity (Wildman–Crippen MR) is 72.2 cm³/mol. The van der Waals surface area contributed by atoms with Crippen molar-refractivity contribution in [2.45, 2.75) is 16.5 Å². The van der Waals surface area contributed by atoms with Crippen LogP contribution in [0.25, 0.3) is 0 Å². The molecular weight excluding hydrogens is 343 g/mol. The summed E-state index contributed by atoms with van der Waals surface area (Å²) in [5, 5.41) is 0. The highest BCUT2D eigenvalue weighted by molar-refractivity contribution is 9.25. The first-order chi connectivity index (χ1) is 6.91. The molecule has 0 saturated carbocycles. The van der Waals surface area contributed by atoms with E-state index in [-0.39, 0.29) is 0 Å². The van der Waals surface area contributed by atoms with E-state index in [1.165, 1.54) is 0 Å². The van der Waals surface area contributed by atoms with Gasteiger partial charge in [-0.2, -0.15) is 0 Å². The van der Waals surface area contributed by atoms with Crippen molar-refractivity contribution in [3.8, 4) is 5.75 Å². The summed E-state index contributed by atoms with van der Waals surface area (Å²) in [6.07, 6.45) is 0. The first kappa shape index (κ1) is 13.3. The normalized spacial score (nSPS) is 11.9. The second-order valence-corrected chi connectivity index (χ2v) is 8.62. The van der Waals surface area contributed by atoms with Gasteiger partial charge in [-0.3, -0.25) is 0 Å². The summed E-state index contributed by atoms with van der Waals surface area (Å²) < 4.78 is 4.92. The standard InChI is InChI=1S/C11H13Br2ClO/c1-8(2)7-15-10-6-4-3-5-9(10)11(12,13)14/h3-6,8H,7H2,1-2H3. The van der Waals surface area contributed by atoms with Gasteiger partial charge in [0.2, 0.25) is 0 Å². The quantitative estimate of drug-likeness (QED) is 0.700. The average molecular weight is 356 g/mol. The molecule has 1 aromatic rings. The van der Waals surface area contributed by atoms with Crippen LogP contribution in [0.15, 0.2) is 24.3 Å². The van der Waals surface area contributed by atoms with E-state index in [1.54, 1.807) is 0 Å². The lowest BCUT2D eigenvalue weighted by Crippen LogP contribution is -2.09. The van der Waals surface area contributed by atoms with E-state index in [9.17, 15) is 0 Å². The molecule has 0 aromatic heterocycles. The van der Waals surface area contributed by atoms with Crippen LogP contribution in [-0.4, -0.2) is 6.61 Å². The highest BCUT2D eigenvalue weighted by Gasteiger charge is 2.25. The van der Waals surface area contributed by atoms with Crippen molar-refractivity contribution in [1.82, 2.24) is 0 Å². The smallest absolute Gasteiger partial charge is 0.182 e. The van der Waals surface area contributed by atoms with Gasteiger partial charge in [0, 0.05) is 5.56 Å². The fourth-order valence-corrected chi connectivity index (χ4v) is 1.89. The Hall–Kier alpha value is 0.270. The molecule has 0 fully saturated rings. The molecule has 0 aliphatic heterocycles. The van der Waals surface area contributed by atoms with Gasteiger partial charge in [0.1, 0.15) is 5.75 Å². The van der Waals surface area contributed by atoms with Gasteiger partial charge in [0.05, 0.1) is 6.61 Å². The minimum Gasteiger partial charge on any atom is -0.493 e. The highest BCUT2D eigenvalue weighted by atomic mass is 79.9. The molecule has 0 heterocycles. The molecular formula is C11H13Br2ClO. The summed E-state index contributed by atoms with van der Waals surface area (Å²) in [5.74, 6) is 1.29. The number of ether oxygens (including phenoxy) is 1. The number of hydrogen-bond acceptors (Lipinski definition) is 1. The van der Waals surface area contributed by atoms with E-state index in [2.05, 4.69) is 45.7 Å². The van der Waals surface area contributed by atoms with Crippen molar-refractivity contribution < 1.29 is 4.74 Å². The Morgan fingerprint density at radius 2 is 1.93 bits per heavy atom. The maximum absolute atomic E-state index is 6.13. The Labute approximate surface area is 112 Å². The molecule has 0 saturated heterocycles. The van der Waals surface area contributed by atoms with Crippen molar-refractivity contribution >= 4 is 43.5 Å². The Morgan fingerprint density at radius 3 is 2.47 bits per heavy atom. The van der Waals surface area contributed by atoms with Gasteiger partial charge in [0.25, 0.3) is 0 Å². The van der Waals surface area contributed by atoms with Gasteiger partial charge >= 0.3 is 0 Å². The van der Waals surface area contributed by atoms with E-state index in [4.69, 9.17) is 16.3 Å². The van der Waals surface area contributed by atoms with E-state index in [1.807, 2.05) is 24.3 Å². The predicted octanol–water partition coefficient (Wildman–Crippen LogP) is 4.86. The van der Waals surface area contributed by atoms with Crippen molar-refractivity contribution in [3.05, 3.63) is 29.8 Å². The summed E-state index contributed by atoms with van der Waals surface area (Å²) in [6.45, 7) is 4.90. The van der Waals surface area contributed by atoms with Gasteiger partial charge in [-0.05, 0) is 43.8 Å². The SMILES string of the molecule is CC(C)COc1ccccc1C(Cl)(Br)Br. The Kier molecular flexibility index (Phi) is 4.94. The lowest BCUT2D eigenvalue weighted by Gasteiger charge is -2.18. The molecule has 0 bridgehead atoms. The summed E-state index contributed by atoms with van der Waals surface area (Å²) in [6, 6.07) is 7.70. The van der Waals surface area contributed by atoms with Crippen LogP contribution in [0.4, 0.5) is 0 Å². The third kappa shape index (κ3) is 4.33. The fourth-order valence-electron chi connectivity index (χ4n) is 1.08. The van der Waals surface area contributed by atoms with E-state index in [0.717, 1.165) is 11.3 Å². The zero-order valence-corrected chi connectivity index (χ0v) is 12.6. The van der Waals surface area contributed by atoms with Crippen LogP contribution < -0.4 is 4.74 Å². The minimum atomic E-state index is -0.756. The molecule has 0 amide bonds. The van der Waals surface area contributed by atoms with Gasteiger partial charge in [-0.1, -0.05) is 43.6 Å². The molecule has 1 nitrogen and oxygen atoms in total. The van der Waals surface area contributed by atoms with Crippen LogP contribution in [0.3, 0.4) is 0 Å². The summed E-state index contributed by atoms with van der Waals surface area (Å²) in [5.41, 5.74) is 0.882. The van der Waals surface area contributed by atoms with Gasteiger partial charge in [-0.15, -0.1) is 0 Å². The third-order valence-electron chi connectivity index (χ3n) is 1.76. The maximum atomic E-state index is 6.13. The van der Waals surface area contributed by atoms with Crippen LogP contribution in [-0.2, 0) is 2.69 Å². The van der Waals surface area contributed by atoms with Crippen molar-refractivity contribution in [2.75, 3.05) is 6.61 Å². The average Bonchev–Trinajstić information content (AvgIpc) is 2.13. The van der Waals surface area contributed by atoms with Crippen LogP contribution in [0, 0.1) is 5.92 Å². The molecule has 0 unspecified atom stereocenters. The summed E-state index contributed by atoms with van der Waals surface area (Å²) in [7, 11) is 0. The van der Waals surface area contributed by atoms with Crippen molar-refractivity contribution in [1.29, 1.82) is 0 Å². The number of rotatable bonds is 4. The number of benzene rings is 1. The van der Waals surface area contributed by atoms with Crippen LogP contribution >= 0.6 is 43.5 Å². The summed E-state index contributed by atoms with van der Waals surface area (Å²) in [4.78, 5) is 0. The molecule has 0 aliphatic carbocycles. The van der Waals surface area contributed by atoms with Crippen molar-refractivity contribution in [2.24, 2.45) is 5.92 Å². The minimum absolute atomic E-state index is 0.494. The van der Waals surface area contributed by atoms with Crippen molar-refractivity contribution in [3.63, 3.8) is 0 Å². The zero-order chi connectivity index (χ0) is 11.5. The topological polar surface area (TPSA) is 9.23 Å². The number of para-hydroxylation sites is 1. The van der Waals surface area contributed by atoms with Gasteiger partial charge in [0.15, 0.2) is 2.69 Å². The van der Waals surface area contributed by atoms with Gasteiger partial charge in [-0.25, -0.2) is 0 Å². The Morgan fingerprint density at radius 1 is 1.33 bits per heavy atom. The monoisotopic (exact) mass is 354 g/mol. The molecule has 1 rings (SSSR count). The fraction of sp³-hybridized carbons (Fsp3) is 0.455. The number of hydrogen-bond donors (Lipinski definition) is 0.